The fraction of sp³-hybridized carbons (Fsp3) is 0. The van der Waals surface area contributed by atoms with Crippen LogP contribution < -0.4 is 4.90 Å². The van der Waals surface area contributed by atoms with Crippen LogP contribution in [0, 0.1) is 0 Å². The zero-order valence-corrected chi connectivity index (χ0v) is 32.1. The Bertz CT molecular complexity index is 3530. The van der Waals surface area contributed by atoms with Gasteiger partial charge < -0.3 is 13.9 Å². The van der Waals surface area contributed by atoms with E-state index in [1.807, 2.05) is 12.1 Å². The molecular formula is C56H36N2O. The number of aromatic nitrogens is 1. The molecule has 59 heavy (non-hydrogen) atoms. The lowest BCUT2D eigenvalue weighted by molar-refractivity contribution is 0.669. The highest BCUT2D eigenvalue weighted by molar-refractivity contribution is 6.14. The van der Waals surface area contributed by atoms with Crippen molar-refractivity contribution in [2.24, 2.45) is 0 Å². The number of hydrogen-bond acceptors (Lipinski definition) is 2. The van der Waals surface area contributed by atoms with E-state index in [0.717, 1.165) is 50.3 Å². The number of furan rings is 1. The molecule has 0 amide bonds. The average molecular weight is 753 g/mol. The lowest BCUT2D eigenvalue weighted by Gasteiger charge is -2.26. The molecule has 3 heteroatoms. The fourth-order valence-corrected chi connectivity index (χ4v) is 9.18. The molecule has 0 atom stereocenters. The summed E-state index contributed by atoms with van der Waals surface area (Å²) in [7, 11) is 0. The van der Waals surface area contributed by atoms with Crippen LogP contribution >= 0.6 is 0 Å². The van der Waals surface area contributed by atoms with Crippen LogP contribution in [0.4, 0.5) is 17.1 Å². The normalized spacial score (nSPS) is 11.7. The summed E-state index contributed by atoms with van der Waals surface area (Å²) in [5.41, 5.74) is 13.3. The van der Waals surface area contributed by atoms with Gasteiger partial charge in [-0.05, 0) is 117 Å². The Morgan fingerprint density at radius 2 is 0.915 bits per heavy atom. The molecule has 0 fully saturated rings. The topological polar surface area (TPSA) is 21.3 Å². The fourth-order valence-electron chi connectivity index (χ4n) is 9.18. The lowest BCUT2D eigenvalue weighted by Crippen LogP contribution is -2.10. The van der Waals surface area contributed by atoms with Gasteiger partial charge in [-0.25, -0.2) is 0 Å². The molecule has 0 saturated carbocycles. The Labute approximate surface area is 341 Å². The van der Waals surface area contributed by atoms with Gasteiger partial charge in [0.1, 0.15) is 11.2 Å². The predicted octanol–water partition coefficient (Wildman–Crippen LogP) is 15.8. The van der Waals surface area contributed by atoms with Gasteiger partial charge in [0.2, 0.25) is 0 Å². The van der Waals surface area contributed by atoms with Crippen molar-refractivity contribution < 1.29 is 4.42 Å². The molecule has 0 aliphatic rings. The highest BCUT2D eigenvalue weighted by atomic mass is 16.3. The standard InChI is InChI=1S/C56H36N2O/c1-2-13-42-36-53-50(35-41(42)12-1)48-16-5-7-19-51(48)58(53)45-31-25-38(26-32-45)37-23-29-43(30-24-37)57(52-20-10-22-55-56(52)49-17-6-8-21-54(49)59-55)44-33-27-40(28-34-44)47-18-9-14-39-11-3-4-15-46(39)47/h1-36H. The van der Waals surface area contributed by atoms with E-state index in [-0.39, 0.29) is 0 Å². The monoisotopic (exact) mass is 752 g/mol. The molecule has 0 aliphatic carbocycles. The molecule has 276 valence electrons. The first-order chi connectivity index (χ1) is 29.2. The Hall–Kier alpha value is -7.88. The maximum absolute atomic E-state index is 6.38. The summed E-state index contributed by atoms with van der Waals surface area (Å²) in [4.78, 5) is 2.36. The molecule has 2 aromatic heterocycles. The number of anilines is 3. The van der Waals surface area contributed by atoms with Crippen molar-refractivity contribution in [3.05, 3.63) is 218 Å². The Kier molecular flexibility index (Phi) is 7.54. The van der Waals surface area contributed by atoms with Gasteiger partial charge in [-0.15, -0.1) is 0 Å². The second-order valence-electron chi connectivity index (χ2n) is 15.3. The van der Waals surface area contributed by atoms with E-state index in [1.54, 1.807) is 0 Å². The van der Waals surface area contributed by atoms with Crippen LogP contribution in [0.5, 0.6) is 0 Å². The summed E-state index contributed by atoms with van der Waals surface area (Å²) in [6.07, 6.45) is 0. The lowest BCUT2D eigenvalue weighted by atomic mass is 9.98. The summed E-state index contributed by atoms with van der Waals surface area (Å²) >= 11 is 0. The second kappa shape index (κ2) is 13.4. The second-order valence-corrected chi connectivity index (χ2v) is 15.3. The quantitative estimate of drug-likeness (QED) is 0.169. The van der Waals surface area contributed by atoms with Crippen molar-refractivity contribution >= 4 is 82.4 Å². The Balaban J connectivity index is 0.944. The third-order valence-electron chi connectivity index (χ3n) is 12.0. The van der Waals surface area contributed by atoms with E-state index in [1.165, 1.54) is 60.0 Å². The molecule has 0 radical (unpaired) electrons. The van der Waals surface area contributed by atoms with Crippen LogP contribution in [-0.2, 0) is 0 Å². The Morgan fingerprint density at radius 3 is 1.68 bits per heavy atom. The van der Waals surface area contributed by atoms with Gasteiger partial charge in [-0.1, -0.05) is 146 Å². The molecule has 2 heterocycles. The third-order valence-corrected chi connectivity index (χ3v) is 12.0. The van der Waals surface area contributed by atoms with Crippen LogP contribution in [-0.4, -0.2) is 4.57 Å². The SMILES string of the molecule is c1ccc2cc3c(cc2c1)c1ccccc1n3-c1ccc(-c2ccc(N(c3ccc(-c4cccc5ccccc45)cc3)c3cccc4oc5ccccc5c34)cc2)cc1. The summed E-state index contributed by atoms with van der Waals surface area (Å²) in [5, 5.41) is 9.72. The molecule has 0 saturated heterocycles. The van der Waals surface area contributed by atoms with Crippen molar-refractivity contribution in [1.29, 1.82) is 0 Å². The minimum Gasteiger partial charge on any atom is -0.456 e. The maximum atomic E-state index is 6.38. The zero-order chi connectivity index (χ0) is 38.9. The van der Waals surface area contributed by atoms with E-state index >= 15 is 0 Å². The van der Waals surface area contributed by atoms with E-state index < -0.39 is 0 Å². The number of fused-ring (bicyclic) bond motifs is 8. The summed E-state index contributed by atoms with van der Waals surface area (Å²) in [6.45, 7) is 0. The van der Waals surface area contributed by atoms with Crippen LogP contribution in [0.3, 0.4) is 0 Å². The zero-order valence-electron chi connectivity index (χ0n) is 32.1. The smallest absolute Gasteiger partial charge is 0.137 e. The highest BCUT2D eigenvalue weighted by Gasteiger charge is 2.20. The van der Waals surface area contributed by atoms with Crippen molar-refractivity contribution in [2.75, 3.05) is 4.90 Å². The molecule has 0 spiro atoms. The van der Waals surface area contributed by atoms with Gasteiger partial charge >= 0.3 is 0 Å². The summed E-state index contributed by atoms with van der Waals surface area (Å²) in [5.74, 6) is 0. The van der Waals surface area contributed by atoms with Crippen LogP contribution in [0.1, 0.15) is 0 Å². The number of rotatable bonds is 6. The van der Waals surface area contributed by atoms with E-state index in [9.17, 15) is 0 Å². The van der Waals surface area contributed by atoms with Gasteiger partial charge in [-0.3, -0.25) is 0 Å². The summed E-state index contributed by atoms with van der Waals surface area (Å²) < 4.78 is 8.78. The van der Waals surface area contributed by atoms with E-state index in [2.05, 4.69) is 216 Å². The van der Waals surface area contributed by atoms with E-state index in [4.69, 9.17) is 4.42 Å². The first kappa shape index (κ1) is 33.3. The number of para-hydroxylation sites is 2. The van der Waals surface area contributed by atoms with Crippen LogP contribution in [0.2, 0.25) is 0 Å². The first-order valence-corrected chi connectivity index (χ1v) is 20.2. The van der Waals surface area contributed by atoms with Crippen molar-refractivity contribution in [2.45, 2.75) is 0 Å². The van der Waals surface area contributed by atoms with Crippen molar-refractivity contribution in [3.8, 4) is 27.9 Å². The van der Waals surface area contributed by atoms with Crippen LogP contribution in [0.15, 0.2) is 223 Å². The van der Waals surface area contributed by atoms with Gasteiger partial charge in [0.15, 0.2) is 0 Å². The minimum absolute atomic E-state index is 0.870. The molecule has 0 bridgehead atoms. The third kappa shape index (κ3) is 5.44. The minimum atomic E-state index is 0.870. The van der Waals surface area contributed by atoms with Gasteiger partial charge in [0, 0.05) is 33.2 Å². The van der Waals surface area contributed by atoms with Crippen molar-refractivity contribution in [3.63, 3.8) is 0 Å². The summed E-state index contributed by atoms with van der Waals surface area (Å²) in [6, 6.07) is 78.7. The average Bonchev–Trinajstić information content (AvgIpc) is 3.84. The molecule has 0 aliphatic heterocycles. The van der Waals surface area contributed by atoms with Gasteiger partial charge in [0.05, 0.1) is 22.1 Å². The number of nitrogens with zero attached hydrogens (tertiary/aromatic N) is 2. The Morgan fingerprint density at radius 1 is 0.356 bits per heavy atom. The first-order valence-electron chi connectivity index (χ1n) is 20.2. The largest absolute Gasteiger partial charge is 0.456 e. The molecule has 0 N–H and O–H groups in total. The van der Waals surface area contributed by atoms with E-state index in [0.29, 0.717) is 0 Å². The van der Waals surface area contributed by atoms with Crippen LogP contribution in [0.25, 0.3) is 93.2 Å². The number of hydrogen-bond donors (Lipinski definition) is 0. The highest BCUT2D eigenvalue weighted by Crippen LogP contribution is 2.44. The van der Waals surface area contributed by atoms with Crippen molar-refractivity contribution in [1.82, 2.24) is 4.57 Å². The molecule has 10 aromatic carbocycles. The number of benzene rings is 10. The molecule has 0 unspecified atom stereocenters. The molecule has 3 nitrogen and oxygen atoms in total. The molecule has 12 aromatic rings. The maximum Gasteiger partial charge on any atom is 0.137 e. The molecule has 12 rings (SSSR count). The molecular weight excluding hydrogens is 717 g/mol. The predicted molar refractivity (Wildman–Crippen MR) is 249 cm³/mol. The van der Waals surface area contributed by atoms with Gasteiger partial charge in [0.25, 0.3) is 0 Å². The van der Waals surface area contributed by atoms with Gasteiger partial charge in [-0.2, -0.15) is 0 Å².